The molecule has 20 heavy (non-hydrogen) atoms. The van der Waals surface area contributed by atoms with Gasteiger partial charge in [-0.25, -0.2) is 4.98 Å². The third kappa shape index (κ3) is 3.59. The summed E-state index contributed by atoms with van der Waals surface area (Å²) in [6.07, 6.45) is 3.73. The van der Waals surface area contributed by atoms with E-state index in [2.05, 4.69) is 16.0 Å². The van der Waals surface area contributed by atoms with Gasteiger partial charge in [-0.2, -0.15) is 5.26 Å². The molecule has 5 heteroatoms. The number of likely N-dealkylation sites (N-methyl/N-ethyl adjacent to an activating group) is 1. The third-order valence-corrected chi connectivity index (χ3v) is 3.07. The Balaban J connectivity index is 1.81. The molecule has 0 N–H and O–H groups in total. The minimum Gasteiger partial charge on any atom is -0.491 e. The SMILES string of the molecule is CN(CCOc1ccccc1C#N)Cc1nccn1C. The highest BCUT2D eigenvalue weighted by atomic mass is 16.5. The van der Waals surface area contributed by atoms with Crippen LogP contribution >= 0.6 is 0 Å². The minimum absolute atomic E-state index is 0.541. The van der Waals surface area contributed by atoms with Gasteiger partial charge in [0.05, 0.1) is 12.1 Å². The zero-order valence-corrected chi connectivity index (χ0v) is 11.8. The Hall–Kier alpha value is -2.32. The van der Waals surface area contributed by atoms with Crippen LogP contribution in [0.3, 0.4) is 0 Å². The van der Waals surface area contributed by atoms with E-state index in [0.29, 0.717) is 17.9 Å². The summed E-state index contributed by atoms with van der Waals surface area (Å²) in [6, 6.07) is 9.40. The van der Waals surface area contributed by atoms with E-state index in [1.54, 1.807) is 12.3 Å². The van der Waals surface area contributed by atoms with E-state index in [9.17, 15) is 0 Å². The fraction of sp³-hybridized carbons (Fsp3) is 0.333. The van der Waals surface area contributed by atoms with E-state index in [1.165, 1.54) is 0 Å². The summed E-state index contributed by atoms with van der Waals surface area (Å²) >= 11 is 0. The van der Waals surface area contributed by atoms with Crippen molar-refractivity contribution in [2.75, 3.05) is 20.2 Å². The number of rotatable bonds is 6. The van der Waals surface area contributed by atoms with E-state index in [-0.39, 0.29) is 0 Å². The second-order valence-corrected chi connectivity index (χ2v) is 4.65. The van der Waals surface area contributed by atoms with Gasteiger partial charge < -0.3 is 9.30 Å². The summed E-state index contributed by atoms with van der Waals surface area (Å²) in [4.78, 5) is 6.42. The first-order chi connectivity index (χ1) is 9.70. The molecule has 1 heterocycles. The number of imidazole rings is 1. The van der Waals surface area contributed by atoms with Crippen molar-refractivity contribution < 1.29 is 4.74 Å². The molecule has 0 saturated carbocycles. The predicted octanol–water partition coefficient (Wildman–Crippen LogP) is 1.80. The first-order valence-corrected chi connectivity index (χ1v) is 6.47. The van der Waals surface area contributed by atoms with Gasteiger partial charge in [0.2, 0.25) is 0 Å². The molecule has 0 bridgehead atoms. The molecular weight excluding hydrogens is 252 g/mol. The minimum atomic E-state index is 0.541. The molecule has 0 atom stereocenters. The van der Waals surface area contributed by atoms with Crippen molar-refractivity contribution >= 4 is 0 Å². The molecule has 0 unspecified atom stereocenters. The maximum absolute atomic E-state index is 8.98. The van der Waals surface area contributed by atoms with E-state index in [1.807, 2.05) is 43.1 Å². The number of nitriles is 1. The lowest BCUT2D eigenvalue weighted by molar-refractivity contribution is 0.228. The van der Waals surface area contributed by atoms with Crippen molar-refractivity contribution in [3.63, 3.8) is 0 Å². The van der Waals surface area contributed by atoms with E-state index < -0.39 is 0 Å². The van der Waals surface area contributed by atoms with Gasteiger partial charge in [-0.05, 0) is 19.2 Å². The van der Waals surface area contributed by atoms with Crippen LogP contribution in [-0.2, 0) is 13.6 Å². The Morgan fingerprint density at radius 1 is 1.40 bits per heavy atom. The number of ether oxygens (including phenoxy) is 1. The molecule has 0 aliphatic carbocycles. The van der Waals surface area contributed by atoms with E-state index in [0.717, 1.165) is 18.9 Å². The van der Waals surface area contributed by atoms with Crippen molar-refractivity contribution in [3.8, 4) is 11.8 Å². The average molecular weight is 270 g/mol. The van der Waals surface area contributed by atoms with Gasteiger partial charge in [-0.1, -0.05) is 12.1 Å². The van der Waals surface area contributed by atoms with Crippen molar-refractivity contribution in [2.24, 2.45) is 7.05 Å². The smallest absolute Gasteiger partial charge is 0.137 e. The van der Waals surface area contributed by atoms with Crippen LogP contribution in [0, 0.1) is 11.3 Å². The highest BCUT2D eigenvalue weighted by molar-refractivity contribution is 5.42. The van der Waals surface area contributed by atoms with Crippen molar-refractivity contribution in [3.05, 3.63) is 48.0 Å². The van der Waals surface area contributed by atoms with Crippen LogP contribution in [0.15, 0.2) is 36.7 Å². The van der Waals surface area contributed by atoms with Gasteiger partial charge in [0.25, 0.3) is 0 Å². The molecular formula is C15H18N4O. The molecule has 1 aromatic carbocycles. The van der Waals surface area contributed by atoms with E-state index >= 15 is 0 Å². The quantitative estimate of drug-likeness (QED) is 0.803. The summed E-state index contributed by atoms with van der Waals surface area (Å²) in [6.45, 7) is 2.08. The van der Waals surface area contributed by atoms with Crippen LogP contribution in [-0.4, -0.2) is 34.7 Å². The highest BCUT2D eigenvalue weighted by Crippen LogP contribution is 2.16. The van der Waals surface area contributed by atoms with Gasteiger partial charge in [0, 0.05) is 26.0 Å². The molecule has 0 aliphatic heterocycles. The Labute approximate surface area is 119 Å². The molecule has 0 radical (unpaired) electrons. The van der Waals surface area contributed by atoms with Crippen LogP contribution in [0.25, 0.3) is 0 Å². The van der Waals surface area contributed by atoms with Crippen molar-refractivity contribution in [2.45, 2.75) is 6.54 Å². The number of hydrogen-bond donors (Lipinski definition) is 0. The number of para-hydroxylation sites is 1. The van der Waals surface area contributed by atoms with Gasteiger partial charge in [0.15, 0.2) is 0 Å². The van der Waals surface area contributed by atoms with Crippen molar-refractivity contribution in [1.82, 2.24) is 14.5 Å². The normalized spacial score (nSPS) is 10.5. The standard InChI is InChI=1S/C15H18N4O/c1-18(12-15-17-7-8-19(15)2)9-10-20-14-6-4-3-5-13(14)11-16/h3-8H,9-10,12H2,1-2H3. The maximum Gasteiger partial charge on any atom is 0.137 e. The second kappa shape index (κ2) is 6.73. The Kier molecular flexibility index (Phi) is 4.75. The van der Waals surface area contributed by atoms with Crippen LogP contribution in [0.4, 0.5) is 0 Å². The summed E-state index contributed by atoms with van der Waals surface area (Å²) in [5, 5.41) is 8.98. The lowest BCUT2D eigenvalue weighted by Crippen LogP contribution is -2.25. The number of benzene rings is 1. The Morgan fingerprint density at radius 3 is 2.90 bits per heavy atom. The van der Waals surface area contributed by atoms with Gasteiger partial charge in [-0.3, -0.25) is 4.90 Å². The monoisotopic (exact) mass is 270 g/mol. The fourth-order valence-corrected chi connectivity index (χ4v) is 1.87. The molecule has 2 rings (SSSR count). The fourth-order valence-electron chi connectivity index (χ4n) is 1.87. The molecule has 0 spiro atoms. The zero-order chi connectivity index (χ0) is 14.4. The molecule has 5 nitrogen and oxygen atoms in total. The lowest BCUT2D eigenvalue weighted by atomic mass is 10.2. The molecule has 0 fully saturated rings. The number of aryl methyl sites for hydroxylation is 1. The number of nitrogens with zero attached hydrogens (tertiary/aromatic N) is 4. The van der Waals surface area contributed by atoms with Gasteiger partial charge in [-0.15, -0.1) is 0 Å². The highest BCUT2D eigenvalue weighted by Gasteiger charge is 2.06. The van der Waals surface area contributed by atoms with Crippen LogP contribution in [0.5, 0.6) is 5.75 Å². The number of aromatic nitrogens is 2. The average Bonchev–Trinajstić information content (AvgIpc) is 2.85. The lowest BCUT2D eigenvalue weighted by Gasteiger charge is -2.17. The molecule has 2 aromatic rings. The zero-order valence-electron chi connectivity index (χ0n) is 11.8. The predicted molar refractivity (Wildman–Crippen MR) is 76.2 cm³/mol. The second-order valence-electron chi connectivity index (χ2n) is 4.65. The topological polar surface area (TPSA) is 54.1 Å². The summed E-state index contributed by atoms with van der Waals surface area (Å²) in [7, 11) is 4.00. The molecule has 0 amide bonds. The first-order valence-electron chi connectivity index (χ1n) is 6.47. The summed E-state index contributed by atoms with van der Waals surface area (Å²) in [5.41, 5.74) is 0.569. The molecule has 0 aliphatic rings. The summed E-state index contributed by atoms with van der Waals surface area (Å²) in [5.74, 6) is 1.66. The van der Waals surface area contributed by atoms with Crippen LogP contribution < -0.4 is 4.74 Å². The maximum atomic E-state index is 8.98. The Bertz CT molecular complexity index is 600. The van der Waals surface area contributed by atoms with Crippen LogP contribution in [0.2, 0.25) is 0 Å². The number of hydrogen-bond acceptors (Lipinski definition) is 4. The first kappa shape index (κ1) is 14.1. The van der Waals surface area contributed by atoms with E-state index in [4.69, 9.17) is 10.00 Å². The molecule has 1 aromatic heterocycles. The van der Waals surface area contributed by atoms with Gasteiger partial charge in [0.1, 0.15) is 24.3 Å². The molecule has 0 saturated heterocycles. The van der Waals surface area contributed by atoms with Crippen molar-refractivity contribution in [1.29, 1.82) is 5.26 Å². The van der Waals surface area contributed by atoms with Crippen LogP contribution in [0.1, 0.15) is 11.4 Å². The largest absolute Gasteiger partial charge is 0.491 e. The Morgan fingerprint density at radius 2 is 2.20 bits per heavy atom. The van der Waals surface area contributed by atoms with Gasteiger partial charge >= 0.3 is 0 Å². The summed E-state index contributed by atoms with van der Waals surface area (Å²) < 4.78 is 7.66. The third-order valence-electron chi connectivity index (χ3n) is 3.07. The molecule has 104 valence electrons.